The average Bonchev–Trinajstić information content (AvgIpc) is 3.84. The Kier molecular flexibility index (Phi) is 8.76. The molecule has 0 aliphatic heterocycles. The molecule has 0 radical (unpaired) electrons. The largest absolute Gasteiger partial charge is 0.507 e. The van der Waals surface area contributed by atoms with Gasteiger partial charge in [-0.3, -0.25) is 9.55 Å². The smallest absolute Gasteiger partial charge is 0.148 e. The van der Waals surface area contributed by atoms with Gasteiger partial charge >= 0.3 is 0 Å². The van der Waals surface area contributed by atoms with Crippen LogP contribution in [0.4, 0.5) is 0 Å². The molecule has 0 bridgehead atoms. The monoisotopic (exact) mass is 948 g/mol. The van der Waals surface area contributed by atoms with Crippen molar-refractivity contribution in [3.63, 3.8) is 0 Å². The zero-order valence-electron chi connectivity index (χ0n) is 35.6. The van der Waals surface area contributed by atoms with Crippen LogP contribution < -0.4 is 0 Å². The Morgan fingerprint density at radius 3 is 2.20 bits per heavy atom. The van der Waals surface area contributed by atoms with Gasteiger partial charge in [0.2, 0.25) is 0 Å². The van der Waals surface area contributed by atoms with E-state index < -0.39 is 6.85 Å². The zero-order valence-corrected chi connectivity index (χ0v) is 34.9. The summed E-state index contributed by atoms with van der Waals surface area (Å²) in [6.07, 6.45) is 1.78. The van der Waals surface area contributed by atoms with E-state index in [9.17, 15) is 5.11 Å². The number of benzene rings is 7. The van der Waals surface area contributed by atoms with Gasteiger partial charge in [-0.2, -0.15) is 0 Å². The molecule has 0 spiro atoms. The minimum Gasteiger partial charge on any atom is -0.507 e. The molecular weight excluding hydrogens is 906 g/mol. The van der Waals surface area contributed by atoms with E-state index in [1.54, 1.807) is 24.4 Å². The van der Waals surface area contributed by atoms with Crippen LogP contribution in [-0.4, -0.2) is 19.6 Å². The first-order valence-corrected chi connectivity index (χ1v) is 19.4. The van der Waals surface area contributed by atoms with Crippen molar-refractivity contribution in [1.29, 1.82) is 0 Å². The van der Waals surface area contributed by atoms with Gasteiger partial charge in [0.25, 0.3) is 0 Å². The number of nitrogens with zero attached hydrogens (tertiary/aromatic N) is 3. The number of fused-ring (bicyclic) bond motifs is 4. The third kappa shape index (κ3) is 6.86. The van der Waals surface area contributed by atoms with Crippen LogP contribution in [0, 0.1) is 12.9 Å². The number of furan rings is 1. The van der Waals surface area contributed by atoms with Crippen LogP contribution in [-0.2, 0) is 26.5 Å². The molecule has 59 heavy (non-hydrogen) atoms. The second kappa shape index (κ2) is 15.0. The normalized spacial score (nSPS) is 12.6. The molecule has 1 N–H and O–H groups in total. The number of rotatable bonds is 6. The van der Waals surface area contributed by atoms with Gasteiger partial charge in [0.05, 0.1) is 22.3 Å². The standard InChI is InChI=1S/C53H40N3O2.Pt/c1-33-21-23-34(24-22-33)36-25-26-54-45(30-36)38-27-37(28-39(29-38)53(2,3)4)41-17-12-19-47-51(41)55-52(56(47)46-18-10-8-15-40(46)35-13-6-5-7-14-35)44-32-50-43(31-48(44)57)42-16-9-11-20-49(42)58-50;/h5-26,28-32,57H,1-4H3;/q-1;/i1D3;. The molecule has 7 aromatic carbocycles. The van der Waals surface area contributed by atoms with Gasteiger partial charge in [-0.05, 0) is 65.4 Å². The van der Waals surface area contributed by atoms with Crippen molar-refractivity contribution in [2.75, 3.05) is 0 Å². The topological polar surface area (TPSA) is 64.1 Å². The SMILES string of the molecule is [2H]C([2H])([2H])c1ccc(-c2ccnc(-c3[c-]c(-c4cccc5c4nc(-c4cc6oc7ccccc7c6cc4O)n5-c4ccccc4-c4ccccc4)cc(C(C)(C)C)c3)c2)cc1.[Pt]. The minimum atomic E-state index is -2.17. The molecule has 0 amide bonds. The van der Waals surface area contributed by atoms with Gasteiger partial charge in [0.1, 0.15) is 22.7 Å². The molecule has 0 atom stereocenters. The molecule has 6 heteroatoms. The number of aromatic hydroxyl groups is 1. The molecule has 290 valence electrons. The van der Waals surface area contributed by atoms with E-state index in [-0.39, 0.29) is 32.2 Å². The molecule has 3 aromatic heterocycles. The third-order valence-electron chi connectivity index (χ3n) is 10.9. The Hall–Kier alpha value is -6.55. The van der Waals surface area contributed by atoms with Crippen LogP contribution in [0.25, 0.3) is 94.7 Å². The van der Waals surface area contributed by atoms with Crippen molar-refractivity contribution < 1.29 is 34.7 Å². The van der Waals surface area contributed by atoms with E-state index in [2.05, 4.69) is 79.9 Å². The van der Waals surface area contributed by atoms with E-state index >= 15 is 0 Å². The van der Waals surface area contributed by atoms with Gasteiger partial charge in [-0.25, -0.2) is 4.98 Å². The molecule has 0 aliphatic carbocycles. The number of aryl methyl sites for hydroxylation is 1. The number of pyridine rings is 1. The molecule has 5 nitrogen and oxygen atoms in total. The average molecular weight is 949 g/mol. The fourth-order valence-corrected chi connectivity index (χ4v) is 7.92. The molecule has 10 aromatic rings. The molecule has 0 fully saturated rings. The van der Waals surface area contributed by atoms with Gasteiger partial charge in [0, 0.05) is 53.4 Å². The Balaban J connectivity index is 0.00000490. The molecule has 0 saturated carbocycles. The summed E-state index contributed by atoms with van der Waals surface area (Å²) in [5, 5.41) is 13.7. The summed E-state index contributed by atoms with van der Waals surface area (Å²) in [5.74, 6) is 0.661. The maximum absolute atomic E-state index is 11.9. The fourth-order valence-electron chi connectivity index (χ4n) is 7.92. The van der Waals surface area contributed by atoms with Crippen molar-refractivity contribution in [2.24, 2.45) is 0 Å². The fraction of sp³-hybridized carbons (Fsp3) is 0.0943. The van der Waals surface area contributed by atoms with Crippen LogP contribution in [0.3, 0.4) is 0 Å². The Morgan fingerprint density at radius 1 is 0.644 bits per heavy atom. The van der Waals surface area contributed by atoms with E-state index in [0.29, 0.717) is 22.5 Å². The van der Waals surface area contributed by atoms with Crippen molar-refractivity contribution in [1.82, 2.24) is 14.5 Å². The number of phenolic OH excluding ortho intramolecular Hbond substituents is 1. The predicted octanol–water partition coefficient (Wildman–Crippen LogP) is 13.8. The first-order valence-electron chi connectivity index (χ1n) is 20.9. The Morgan fingerprint density at radius 2 is 1.39 bits per heavy atom. The van der Waals surface area contributed by atoms with Crippen LogP contribution in [0.2, 0.25) is 0 Å². The Bertz CT molecular complexity index is 3290. The molecule has 10 rings (SSSR count). The summed E-state index contributed by atoms with van der Waals surface area (Å²) < 4.78 is 31.9. The Labute approximate surface area is 362 Å². The molecule has 0 saturated heterocycles. The summed E-state index contributed by atoms with van der Waals surface area (Å²) in [6.45, 7) is 4.40. The number of hydrogen-bond acceptors (Lipinski definition) is 4. The zero-order chi connectivity index (χ0) is 42.0. The number of imidazole rings is 1. The van der Waals surface area contributed by atoms with Crippen molar-refractivity contribution in [3.8, 4) is 67.5 Å². The van der Waals surface area contributed by atoms with Crippen molar-refractivity contribution >= 4 is 33.0 Å². The molecule has 3 heterocycles. The maximum atomic E-state index is 11.9. The van der Waals surface area contributed by atoms with Crippen LogP contribution in [0.5, 0.6) is 5.75 Å². The number of aromatic nitrogens is 3. The summed E-state index contributed by atoms with van der Waals surface area (Å²) in [5.41, 5.74) is 12.8. The quantitative estimate of drug-likeness (QED) is 0.169. The van der Waals surface area contributed by atoms with Crippen molar-refractivity contribution in [2.45, 2.75) is 33.0 Å². The van der Waals surface area contributed by atoms with E-state index in [0.717, 1.165) is 83.3 Å². The van der Waals surface area contributed by atoms with Gasteiger partial charge in [0.15, 0.2) is 0 Å². The number of para-hydroxylation sites is 3. The molecule has 0 unspecified atom stereocenters. The predicted molar refractivity (Wildman–Crippen MR) is 237 cm³/mol. The van der Waals surface area contributed by atoms with Gasteiger partial charge in [-0.15, -0.1) is 29.3 Å². The number of phenols is 1. The van der Waals surface area contributed by atoms with E-state index in [1.165, 1.54) is 0 Å². The van der Waals surface area contributed by atoms with Gasteiger partial charge in [-0.1, -0.05) is 147 Å². The second-order valence-electron chi connectivity index (χ2n) is 15.7. The van der Waals surface area contributed by atoms with Crippen LogP contribution in [0.1, 0.15) is 36.0 Å². The number of hydrogen-bond donors (Lipinski definition) is 1. The summed E-state index contributed by atoms with van der Waals surface area (Å²) in [4.78, 5) is 10.3. The summed E-state index contributed by atoms with van der Waals surface area (Å²) >= 11 is 0. The van der Waals surface area contributed by atoms with Crippen LogP contribution >= 0.6 is 0 Å². The maximum Gasteiger partial charge on any atom is 0.148 e. The summed E-state index contributed by atoms with van der Waals surface area (Å²) in [7, 11) is 0. The minimum absolute atomic E-state index is 0. The first-order chi connectivity index (χ1) is 29.4. The van der Waals surface area contributed by atoms with E-state index in [4.69, 9.17) is 18.5 Å². The van der Waals surface area contributed by atoms with Gasteiger partial charge < -0.3 is 9.52 Å². The first kappa shape index (κ1) is 34.5. The van der Waals surface area contributed by atoms with E-state index in [1.807, 2.05) is 91.0 Å². The second-order valence-corrected chi connectivity index (χ2v) is 15.7. The van der Waals surface area contributed by atoms with Crippen LogP contribution in [0.15, 0.2) is 168 Å². The molecular formula is C53H40N3O2Pt-. The van der Waals surface area contributed by atoms with Crippen molar-refractivity contribution in [3.05, 3.63) is 181 Å². The molecule has 0 aliphatic rings. The summed E-state index contributed by atoms with van der Waals surface area (Å²) in [6, 6.07) is 55.3. The third-order valence-corrected chi connectivity index (χ3v) is 10.9.